The molecule has 10 heteroatoms. The molecule has 7 nitrogen and oxygen atoms in total. The summed E-state index contributed by atoms with van der Waals surface area (Å²) in [4.78, 5) is 21.7. The molecule has 0 radical (unpaired) electrons. The van der Waals surface area contributed by atoms with Crippen molar-refractivity contribution >= 4 is 56.5 Å². The van der Waals surface area contributed by atoms with E-state index in [2.05, 4.69) is 9.97 Å². The molecule has 0 bridgehead atoms. The van der Waals surface area contributed by atoms with Crippen molar-refractivity contribution in [3.63, 3.8) is 0 Å². The van der Waals surface area contributed by atoms with E-state index >= 15 is 0 Å². The average Bonchev–Trinajstić information content (AvgIpc) is 3.16. The number of nitrogens with zero attached hydrogens (tertiary/aromatic N) is 3. The Kier molecular flexibility index (Phi) is 4.93. The number of hydrogen-bond donors (Lipinski definition) is 0. The van der Waals surface area contributed by atoms with Gasteiger partial charge in [-0.25, -0.2) is 14.5 Å². The van der Waals surface area contributed by atoms with Crippen LogP contribution in [0.5, 0.6) is 17.2 Å². The van der Waals surface area contributed by atoms with Crippen molar-refractivity contribution < 1.29 is 13.9 Å². The fraction of sp³-hybridized carbons (Fsp3) is 0.0476. The SMILES string of the molecule is COc1ccnc2c(=O)n(-c3nc4ccc(Oc5cccc(Cl)c5)cc4s3)c(=S)oc12. The first-order valence-corrected chi connectivity index (χ1v) is 10.6. The average molecular weight is 470 g/mol. The van der Waals surface area contributed by atoms with Crippen LogP contribution in [0, 0.1) is 4.84 Å². The minimum atomic E-state index is -0.431. The molecule has 0 aliphatic rings. The molecule has 0 N–H and O–H groups in total. The normalized spacial score (nSPS) is 11.2. The first-order valence-electron chi connectivity index (χ1n) is 8.97. The second kappa shape index (κ2) is 7.77. The number of ether oxygens (including phenoxy) is 2. The van der Waals surface area contributed by atoms with Crippen molar-refractivity contribution in [2.75, 3.05) is 7.11 Å². The van der Waals surface area contributed by atoms with Crippen molar-refractivity contribution in [3.05, 3.63) is 74.9 Å². The Morgan fingerprint density at radius 2 is 2.00 bits per heavy atom. The molecule has 0 saturated heterocycles. The minimum absolute atomic E-state index is 0.0433. The van der Waals surface area contributed by atoms with Gasteiger partial charge >= 0.3 is 0 Å². The molecule has 2 aromatic carbocycles. The second-order valence-corrected chi connectivity index (χ2v) is 8.18. The van der Waals surface area contributed by atoms with Crippen LogP contribution in [0.1, 0.15) is 0 Å². The smallest absolute Gasteiger partial charge is 0.290 e. The predicted molar refractivity (Wildman–Crippen MR) is 122 cm³/mol. The quantitative estimate of drug-likeness (QED) is 0.309. The lowest BCUT2D eigenvalue weighted by Crippen LogP contribution is -2.20. The van der Waals surface area contributed by atoms with Crippen LogP contribution in [0.2, 0.25) is 5.02 Å². The van der Waals surface area contributed by atoms with Gasteiger partial charge in [-0.15, -0.1) is 0 Å². The third kappa shape index (κ3) is 3.56. The summed E-state index contributed by atoms with van der Waals surface area (Å²) in [5, 5.41) is 0.960. The fourth-order valence-electron chi connectivity index (χ4n) is 3.05. The van der Waals surface area contributed by atoms with Crippen molar-refractivity contribution in [1.82, 2.24) is 14.5 Å². The molecule has 0 fully saturated rings. The van der Waals surface area contributed by atoms with E-state index in [4.69, 9.17) is 37.7 Å². The molecular weight excluding hydrogens is 458 g/mol. The zero-order valence-corrected chi connectivity index (χ0v) is 18.3. The highest BCUT2D eigenvalue weighted by atomic mass is 35.5. The van der Waals surface area contributed by atoms with Gasteiger partial charge in [-0.05, 0) is 42.5 Å². The van der Waals surface area contributed by atoms with Crippen LogP contribution >= 0.6 is 35.2 Å². The first kappa shape index (κ1) is 19.7. The first-order chi connectivity index (χ1) is 15.0. The molecule has 0 atom stereocenters. The van der Waals surface area contributed by atoms with Gasteiger partial charge in [-0.2, -0.15) is 0 Å². The molecule has 5 rings (SSSR count). The van der Waals surface area contributed by atoms with E-state index in [9.17, 15) is 4.79 Å². The Hall–Kier alpha value is -3.27. The maximum atomic E-state index is 13.1. The van der Waals surface area contributed by atoms with Gasteiger partial charge in [0.2, 0.25) is 10.7 Å². The molecular formula is C21H12ClN3O4S2. The largest absolute Gasteiger partial charge is 0.493 e. The Bertz CT molecular complexity index is 1580. The predicted octanol–water partition coefficient (Wildman–Crippen LogP) is 5.77. The van der Waals surface area contributed by atoms with Crippen LogP contribution in [0.15, 0.2) is 63.9 Å². The number of rotatable bonds is 4. The number of hydrogen-bond acceptors (Lipinski definition) is 8. The van der Waals surface area contributed by atoms with Crippen molar-refractivity contribution in [3.8, 4) is 22.4 Å². The van der Waals surface area contributed by atoms with Gasteiger partial charge in [0.05, 0.1) is 17.3 Å². The van der Waals surface area contributed by atoms with Gasteiger partial charge in [0, 0.05) is 23.4 Å². The highest BCUT2D eigenvalue weighted by Gasteiger charge is 2.17. The van der Waals surface area contributed by atoms with Gasteiger partial charge in [0.15, 0.2) is 11.3 Å². The molecule has 0 aliphatic carbocycles. The van der Waals surface area contributed by atoms with Crippen LogP contribution in [-0.2, 0) is 0 Å². The number of halogens is 1. The van der Waals surface area contributed by atoms with E-state index in [1.165, 1.54) is 29.2 Å². The third-order valence-corrected chi connectivity index (χ3v) is 5.94. The molecule has 0 saturated carbocycles. The number of fused-ring (bicyclic) bond motifs is 2. The molecule has 3 heterocycles. The van der Waals surface area contributed by atoms with Crippen LogP contribution in [0.25, 0.3) is 26.4 Å². The van der Waals surface area contributed by atoms with Gasteiger partial charge in [-0.3, -0.25) is 4.79 Å². The maximum absolute atomic E-state index is 13.1. The van der Waals surface area contributed by atoms with E-state index < -0.39 is 5.56 Å². The van der Waals surface area contributed by atoms with E-state index in [0.717, 1.165) is 4.70 Å². The molecule has 0 unspecified atom stereocenters. The Labute approximate surface area is 189 Å². The second-order valence-electron chi connectivity index (χ2n) is 6.38. The Morgan fingerprint density at radius 1 is 1.16 bits per heavy atom. The highest BCUT2D eigenvalue weighted by Crippen LogP contribution is 2.31. The van der Waals surface area contributed by atoms with Gasteiger partial charge in [0.1, 0.15) is 11.5 Å². The highest BCUT2D eigenvalue weighted by molar-refractivity contribution is 7.71. The standard InChI is InChI=1S/C21H12ClN3O4S2/c1-27-15-7-8-23-17-18(15)29-21(30)25(19(17)26)20-24-14-6-5-13(10-16(14)31-20)28-12-4-2-3-11(22)9-12/h2-10H,1H3. The number of methoxy groups -OCH3 is 1. The van der Waals surface area contributed by atoms with Gasteiger partial charge in [-0.1, -0.05) is 29.0 Å². The van der Waals surface area contributed by atoms with Gasteiger partial charge in [0.25, 0.3) is 10.4 Å². The minimum Gasteiger partial charge on any atom is -0.493 e. The van der Waals surface area contributed by atoms with Crippen LogP contribution in [-0.4, -0.2) is 21.6 Å². The van der Waals surface area contributed by atoms with E-state index in [1.54, 1.807) is 24.3 Å². The summed E-state index contributed by atoms with van der Waals surface area (Å²) < 4.78 is 18.8. The molecule has 0 amide bonds. The lowest BCUT2D eigenvalue weighted by molar-refractivity contribution is 0.404. The summed E-state index contributed by atoms with van der Waals surface area (Å²) in [5.74, 6) is 1.62. The van der Waals surface area contributed by atoms with Crippen molar-refractivity contribution in [2.45, 2.75) is 0 Å². The molecule has 5 aromatic rings. The molecule has 31 heavy (non-hydrogen) atoms. The van der Waals surface area contributed by atoms with E-state index in [0.29, 0.717) is 32.9 Å². The van der Waals surface area contributed by atoms with Crippen molar-refractivity contribution in [1.29, 1.82) is 0 Å². The maximum Gasteiger partial charge on any atom is 0.290 e. The number of aromatic nitrogens is 3. The van der Waals surface area contributed by atoms with E-state index in [1.807, 2.05) is 24.3 Å². The topological polar surface area (TPSA) is 79.4 Å². The number of thiazole rings is 1. The molecule has 154 valence electrons. The summed E-state index contributed by atoms with van der Waals surface area (Å²) in [6.07, 6.45) is 1.48. The Balaban J connectivity index is 1.60. The van der Waals surface area contributed by atoms with Crippen molar-refractivity contribution in [2.24, 2.45) is 0 Å². The summed E-state index contributed by atoms with van der Waals surface area (Å²) in [6.45, 7) is 0. The Morgan fingerprint density at radius 3 is 2.81 bits per heavy atom. The zero-order valence-electron chi connectivity index (χ0n) is 15.9. The number of pyridine rings is 1. The lowest BCUT2D eigenvalue weighted by atomic mass is 10.3. The van der Waals surface area contributed by atoms with Crippen LogP contribution in [0.4, 0.5) is 0 Å². The van der Waals surface area contributed by atoms with E-state index in [-0.39, 0.29) is 15.9 Å². The molecule has 0 spiro atoms. The number of benzene rings is 2. The summed E-state index contributed by atoms with van der Waals surface area (Å²) in [5.41, 5.74) is 0.574. The third-order valence-electron chi connectivity index (χ3n) is 4.44. The zero-order chi connectivity index (χ0) is 21.5. The monoisotopic (exact) mass is 469 g/mol. The molecule has 3 aromatic heterocycles. The summed E-state index contributed by atoms with van der Waals surface area (Å²) in [7, 11) is 1.48. The molecule has 0 aliphatic heterocycles. The van der Waals surface area contributed by atoms with Crippen LogP contribution < -0.4 is 15.0 Å². The van der Waals surface area contributed by atoms with Crippen LogP contribution in [0.3, 0.4) is 0 Å². The summed E-state index contributed by atoms with van der Waals surface area (Å²) >= 11 is 12.6. The van der Waals surface area contributed by atoms with Gasteiger partial charge < -0.3 is 13.9 Å². The fourth-order valence-corrected chi connectivity index (χ4v) is 4.53. The lowest BCUT2D eigenvalue weighted by Gasteiger charge is -2.05. The summed E-state index contributed by atoms with van der Waals surface area (Å²) in [6, 6.07) is 14.2.